The van der Waals surface area contributed by atoms with Crippen molar-refractivity contribution >= 4 is 58.2 Å². The van der Waals surface area contributed by atoms with E-state index in [1.165, 1.54) is 18.2 Å². The summed E-state index contributed by atoms with van der Waals surface area (Å²) in [7, 11) is 0. The fourth-order valence-electron chi connectivity index (χ4n) is 2.49. The Labute approximate surface area is 185 Å². The van der Waals surface area contributed by atoms with E-state index in [1.54, 1.807) is 36.4 Å². The van der Waals surface area contributed by atoms with Crippen molar-refractivity contribution < 1.29 is 14.1 Å². The lowest BCUT2D eigenvalue weighted by Crippen LogP contribution is -2.13. The standard InChI is InChI=1S/C20H10Cl3N3O4/c21-15-6-4-12(9-17(15)26(28)29)25-20(27)11(10-24)8-13-5-7-18(30-13)14-2-1-3-16(22)19(14)23/h1-9H,(H,25,27)/b11-8+. The summed E-state index contributed by atoms with van der Waals surface area (Å²) in [6.07, 6.45) is 1.24. The first-order chi connectivity index (χ1) is 14.3. The maximum Gasteiger partial charge on any atom is 0.289 e. The Hall–Kier alpha value is -3.31. The van der Waals surface area contributed by atoms with Crippen molar-refractivity contribution in [2.45, 2.75) is 0 Å². The minimum absolute atomic E-state index is 0.0724. The van der Waals surface area contributed by atoms with Crippen molar-refractivity contribution in [1.29, 1.82) is 5.26 Å². The third-order valence-corrected chi connectivity index (χ3v) is 5.03. The zero-order valence-corrected chi connectivity index (χ0v) is 17.1. The van der Waals surface area contributed by atoms with Crippen LogP contribution in [0.5, 0.6) is 0 Å². The highest BCUT2D eigenvalue weighted by molar-refractivity contribution is 6.43. The first-order valence-corrected chi connectivity index (χ1v) is 9.35. The van der Waals surface area contributed by atoms with Crippen LogP contribution in [0.25, 0.3) is 17.4 Å². The number of benzene rings is 2. The van der Waals surface area contributed by atoms with E-state index in [0.717, 1.165) is 6.07 Å². The number of amides is 1. The molecule has 0 radical (unpaired) electrons. The SMILES string of the molecule is N#C/C(=C\c1ccc(-c2cccc(Cl)c2Cl)o1)C(=O)Nc1ccc(Cl)c([N+](=O)[O-])c1. The summed E-state index contributed by atoms with van der Waals surface area (Å²) in [4.78, 5) is 22.7. The van der Waals surface area contributed by atoms with Crippen molar-refractivity contribution in [1.82, 2.24) is 0 Å². The van der Waals surface area contributed by atoms with Gasteiger partial charge < -0.3 is 9.73 Å². The average molecular weight is 463 g/mol. The van der Waals surface area contributed by atoms with Crippen LogP contribution >= 0.6 is 34.8 Å². The number of halogens is 3. The minimum Gasteiger partial charge on any atom is -0.457 e. The molecular formula is C20H10Cl3N3O4. The number of rotatable bonds is 5. The molecule has 1 N–H and O–H groups in total. The Bertz CT molecular complexity index is 1230. The molecule has 0 aliphatic carbocycles. The highest BCUT2D eigenvalue weighted by Gasteiger charge is 2.17. The Morgan fingerprint density at radius 3 is 2.60 bits per heavy atom. The molecule has 30 heavy (non-hydrogen) atoms. The predicted octanol–water partition coefficient (Wildman–Crippen LogP) is 6.36. The second-order valence-electron chi connectivity index (χ2n) is 5.85. The molecule has 0 saturated carbocycles. The first kappa shape index (κ1) is 21.4. The van der Waals surface area contributed by atoms with E-state index in [0.29, 0.717) is 21.4 Å². The van der Waals surface area contributed by atoms with Gasteiger partial charge in [-0.15, -0.1) is 0 Å². The zero-order valence-electron chi connectivity index (χ0n) is 14.9. The molecule has 0 saturated heterocycles. The molecule has 0 aliphatic rings. The third kappa shape index (κ3) is 4.63. The molecule has 0 atom stereocenters. The van der Waals surface area contributed by atoms with E-state index >= 15 is 0 Å². The van der Waals surface area contributed by atoms with Gasteiger partial charge in [-0.05, 0) is 36.4 Å². The van der Waals surface area contributed by atoms with Crippen LogP contribution in [0.15, 0.2) is 58.5 Å². The molecule has 3 rings (SSSR count). The average Bonchev–Trinajstić information content (AvgIpc) is 3.17. The lowest BCUT2D eigenvalue weighted by molar-refractivity contribution is -0.384. The number of nitrogens with one attached hydrogen (secondary N) is 1. The number of nitro groups is 1. The van der Waals surface area contributed by atoms with E-state index in [1.807, 2.05) is 0 Å². The van der Waals surface area contributed by atoms with Gasteiger partial charge in [0.05, 0.1) is 15.0 Å². The zero-order chi connectivity index (χ0) is 21.8. The maximum atomic E-state index is 12.4. The van der Waals surface area contributed by atoms with Gasteiger partial charge in [0.2, 0.25) is 0 Å². The quantitative estimate of drug-likeness (QED) is 0.205. The van der Waals surface area contributed by atoms with E-state index in [9.17, 15) is 20.2 Å². The maximum absolute atomic E-state index is 12.4. The van der Waals surface area contributed by atoms with Gasteiger partial charge in [-0.1, -0.05) is 40.9 Å². The van der Waals surface area contributed by atoms with Gasteiger partial charge >= 0.3 is 0 Å². The van der Waals surface area contributed by atoms with Gasteiger partial charge in [0, 0.05) is 23.4 Å². The molecule has 7 nitrogen and oxygen atoms in total. The largest absolute Gasteiger partial charge is 0.457 e. The van der Waals surface area contributed by atoms with E-state index < -0.39 is 10.8 Å². The van der Waals surface area contributed by atoms with Crippen molar-refractivity contribution in [3.8, 4) is 17.4 Å². The number of hydrogen-bond donors (Lipinski definition) is 1. The number of carbonyl (C=O) groups excluding carboxylic acids is 1. The van der Waals surface area contributed by atoms with Crippen LogP contribution in [0.2, 0.25) is 15.1 Å². The second-order valence-corrected chi connectivity index (χ2v) is 7.04. The molecule has 1 amide bonds. The predicted molar refractivity (Wildman–Crippen MR) is 114 cm³/mol. The van der Waals surface area contributed by atoms with Gasteiger partial charge in [0.15, 0.2) is 0 Å². The number of hydrogen-bond acceptors (Lipinski definition) is 5. The molecule has 3 aromatic rings. The summed E-state index contributed by atoms with van der Waals surface area (Å²) in [6, 6.07) is 13.8. The van der Waals surface area contributed by atoms with Crippen molar-refractivity contribution in [2.75, 3.05) is 5.32 Å². The van der Waals surface area contributed by atoms with E-state index in [2.05, 4.69) is 5.32 Å². The van der Waals surface area contributed by atoms with Gasteiger partial charge in [-0.3, -0.25) is 14.9 Å². The normalized spacial score (nSPS) is 11.1. The third-order valence-electron chi connectivity index (χ3n) is 3.90. The van der Waals surface area contributed by atoms with Gasteiger partial charge in [0.25, 0.3) is 11.6 Å². The van der Waals surface area contributed by atoms with Crippen LogP contribution in [0.1, 0.15) is 5.76 Å². The smallest absolute Gasteiger partial charge is 0.289 e. The van der Waals surface area contributed by atoms with E-state index in [-0.39, 0.29) is 27.7 Å². The molecule has 0 spiro atoms. The van der Waals surface area contributed by atoms with E-state index in [4.69, 9.17) is 39.2 Å². The Morgan fingerprint density at radius 2 is 1.90 bits per heavy atom. The lowest BCUT2D eigenvalue weighted by atomic mass is 10.2. The molecule has 150 valence electrons. The molecule has 1 aromatic heterocycles. The van der Waals surface area contributed by atoms with Crippen molar-refractivity contribution in [3.63, 3.8) is 0 Å². The van der Waals surface area contributed by atoms with Crippen LogP contribution in [0.3, 0.4) is 0 Å². The molecule has 0 unspecified atom stereocenters. The van der Waals surface area contributed by atoms with Crippen LogP contribution in [-0.4, -0.2) is 10.8 Å². The fraction of sp³-hybridized carbons (Fsp3) is 0. The number of nitro benzene ring substituents is 1. The number of carbonyl (C=O) groups is 1. The summed E-state index contributed by atoms with van der Waals surface area (Å²) in [5.41, 5.74) is 0.0278. The monoisotopic (exact) mass is 461 g/mol. The van der Waals surface area contributed by atoms with Gasteiger partial charge in [0.1, 0.15) is 28.2 Å². The Balaban J connectivity index is 1.84. The molecule has 1 heterocycles. The summed E-state index contributed by atoms with van der Waals surface area (Å²) in [5.74, 6) is -0.137. The highest BCUT2D eigenvalue weighted by Crippen LogP contribution is 2.34. The molecule has 10 heteroatoms. The Kier molecular flexibility index (Phi) is 6.43. The topological polar surface area (TPSA) is 109 Å². The van der Waals surface area contributed by atoms with Crippen LogP contribution in [0.4, 0.5) is 11.4 Å². The number of anilines is 1. The Morgan fingerprint density at radius 1 is 1.13 bits per heavy atom. The van der Waals surface area contributed by atoms with Crippen LogP contribution < -0.4 is 5.32 Å². The summed E-state index contributed by atoms with van der Waals surface area (Å²) >= 11 is 17.9. The second kappa shape index (κ2) is 9.01. The van der Waals surface area contributed by atoms with Gasteiger partial charge in [-0.2, -0.15) is 5.26 Å². The molecular weight excluding hydrogens is 453 g/mol. The molecule has 2 aromatic carbocycles. The minimum atomic E-state index is -0.771. The highest BCUT2D eigenvalue weighted by atomic mass is 35.5. The lowest BCUT2D eigenvalue weighted by Gasteiger charge is -2.05. The van der Waals surface area contributed by atoms with Crippen molar-refractivity contribution in [2.24, 2.45) is 0 Å². The number of furan rings is 1. The van der Waals surface area contributed by atoms with Crippen molar-refractivity contribution in [3.05, 3.63) is 85.0 Å². The van der Waals surface area contributed by atoms with Crippen LogP contribution in [-0.2, 0) is 4.79 Å². The first-order valence-electron chi connectivity index (χ1n) is 8.21. The summed E-state index contributed by atoms with van der Waals surface area (Å²) in [6.45, 7) is 0. The van der Waals surface area contributed by atoms with Crippen LogP contribution in [0, 0.1) is 21.4 Å². The molecule has 0 bridgehead atoms. The molecule has 0 fully saturated rings. The number of nitrogens with zero attached hydrogens (tertiary/aromatic N) is 2. The summed E-state index contributed by atoms with van der Waals surface area (Å²) in [5, 5.41) is 23.3. The molecule has 0 aliphatic heterocycles. The van der Waals surface area contributed by atoms with Gasteiger partial charge in [-0.25, -0.2) is 0 Å². The summed E-state index contributed by atoms with van der Waals surface area (Å²) < 4.78 is 5.65. The number of nitriles is 1. The fourth-order valence-corrected chi connectivity index (χ4v) is 3.07.